The number of nitrogen functional groups attached to an aromatic ring is 1. The first-order valence-electron chi connectivity index (χ1n) is 6.47. The van der Waals surface area contributed by atoms with Gasteiger partial charge in [-0.3, -0.25) is 14.5 Å². The molecular weight excluding hydrogens is 286 g/mol. The lowest BCUT2D eigenvalue weighted by molar-refractivity contribution is -0.121. The van der Waals surface area contributed by atoms with Crippen LogP contribution in [0, 0.1) is 0 Å². The molecule has 0 bridgehead atoms. The summed E-state index contributed by atoms with van der Waals surface area (Å²) >= 11 is 0. The number of fused-ring (bicyclic) bond motifs is 1. The molecule has 1 aliphatic heterocycles. The molecule has 2 amide bonds. The maximum atomic E-state index is 12.5. The van der Waals surface area contributed by atoms with Gasteiger partial charge in [0.25, 0.3) is 5.91 Å². The van der Waals surface area contributed by atoms with Crippen LogP contribution in [-0.4, -0.2) is 18.4 Å². The van der Waals surface area contributed by atoms with Gasteiger partial charge in [0.2, 0.25) is 5.91 Å². The van der Waals surface area contributed by atoms with Gasteiger partial charge in [0.1, 0.15) is 12.3 Å². The monoisotopic (exact) mass is 299 g/mol. The van der Waals surface area contributed by atoms with Crippen LogP contribution < -0.4 is 21.1 Å². The van der Waals surface area contributed by atoms with Crippen LogP contribution in [0.3, 0.4) is 0 Å². The van der Waals surface area contributed by atoms with E-state index in [1.54, 1.807) is 30.3 Å². The molecule has 0 spiro atoms. The fourth-order valence-electron chi connectivity index (χ4n) is 2.14. The third kappa shape index (κ3) is 2.51. The Labute approximate surface area is 125 Å². The van der Waals surface area contributed by atoms with Crippen molar-refractivity contribution in [2.75, 3.05) is 17.2 Å². The Bertz CT molecular complexity index is 765. The fraction of sp³-hybridized carbons (Fsp3) is 0.0667. The second-order valence-electron chi connectivity index (χ2n) is 4.71. The van der Waals surface area contributed by atoms with Gasteiger partial charge < -0.3 is 20.6 Å². The predicted molar refractivity (Wildman–Crippen MR) is 79.7 cm³/mol. The van der Waals surface area contributed by atoms with Gasteiger partial charge in [0, 0.05) is 11.8 Å². The lowest BCUT2D eigenvalue weighted by Crippen LogP contribution is -2.42. The van der Waals surface area contributed by atoms with Crippen molar-refractivity contribution in [3.8, 4) is 5.75 Å². The molecule has 2 aromatic rings. The number of rotatable bonds is 3. The van der Waals surface area contributed by atoms with E-state index < -0.39 is 11.8 Å². The van der Waals surface area contributed by atoms with E-state index >= 15 is 0 Å². The summed E-state index contributed by atoms with van der Waals surface area (Å²) in [4.78, 5) is 25.0. The van der Waals surface area contributed by atoms with Crippen LogP contribution in [0.1, 0.15) is 5.76 Å². The summed E-state index contributed by atoms with van der Waals surface area (Å²) in [5, 5.41) is 0. The van der Waals surface area contributed by atoms with Gasteiger partial charge in [-0.25, -0.2) is 0 Å². The Balaban J connectivity index is 2.06. The molecule has 0 saturated heterocycles. The molecular formula is C15H13N3O4. The van der Waals surface area contributed by atoms with E-state index in [-0.39, 0.29) is 12.3 Å². The third-order valence-electron chi connectivity index (χ3n) is 3.08. The maximum absolute atomic E-state index is 12.5. The molecule has 112 valence electrons. The van der Waals surface area contributed by atoms with E-state index in [9.17, 15) is 9.59 Å². The molecule has 0 fully saturated rings. The highest BCUT2D eigenvalue weighted by molar-refractivity contribution is 6.12. The van der Waals surface area contributed by atoms with Crippen LogP contribution in [-0.2, 0) is 9.59 Å². The van der Waals surface area contributed by atoms with Crippen molar-refractivity contribution in [1.82, 2.24) is 0 Å². The van der Waals surface area contributed by atoms with Gasteiger partial charge in [-0.05, 0) is 30.3 Å². The van der Waals surface area contributed by atoms with Crippen molar-refractivity contribution < 1.29 is 18.7 Å². The Hall–Kier alpha value is -3.22. The topological polar surface area (TPSA) is 112 Å². The molecule has 2 heterocycles. The fourth-order valence-corrected chi connectivity index (χ4v) is 2.14. The first kappa shape index (κ1) is 13.7. The molecule has 0 unspecified atom stereocenters. The van der Waals surface area contributed by atoms with E-state index in [2.05, 4.69) is 0 Å². The minimum absolute atomic E-state index is 0.0356. The first-order valence-corrected chi connectivity index (χ1v) is 6.47. The van der Waals surface area contributed by atoms with Gasteiger partial charge in [0.15, 0.2) is 11.5 Å². The third-order valence-corrected chi connectivity index (χ3v) is 3.08. The molecule has 1 aromatic heterocycles. The highest BCUT2D eigenvalue weighted by Gasteiger charge is 2.31. The summed E-state index contributed by atoms with van der Waals surface area (Å²) in [7, 11) is 0. The second-order valence-corrected chi connectivity index (χ2v) is 4.71. The Kier molecular flexibility index (Phi) is 3.30. The second kappa shape index (κ2) is 5.28. The molecule has 1 aromatic carbocycles. The number of carbonyl (C=O) groups is 2. The largest absolute Gasteiger partial charge is 0.465 e. The van der Waals surface area contributed by atoms with Gasteiger partial charge in [-0.2, -0.15) is 0 Å². The van der Waals surface area contributed by atoms with Crippen LogP contribution in [0.25, 0.3) is 6.08 Å². The van der Waals surface area contributed by atoms with E-state index in [4.69, 9.17) is 20.6 Å². The molecule has 0 radical (unpaired) electrons. The van der Waals surface area contributed by atoms with E-state index in [1.807, 2.05) is 0 Å². The number of nitrogens with zero attached hydrogens (tertiary/aromatic N) is 1. The molecule has 0 atom stereocenters. The van der Waals surface area contributed by atoms with E-state index in [0.717, 1.165) is 0 Å². The van der Waals surface area contributed by atoms with Crippen molar-refractivity contribution in [3.63, 3.8) is 0 Å². The molecule has 7 heteroatoms. The van der Waals surface area contributed by atoms with Gasteiger partial charge in [0.05, 0.1) is 12.0 Å². The Morgan fingerprint density at radius 1 is 1.32 bits per heavy atom. The summed E-state index contributed by atoms with van der Waals surface area (Å²) < 4.78 is 10.8. The molecule has 7 nitrogen and oxygen atoms in total. The number of primary amides is 1. The van der Waals surface area contributed by atoms with Crippen LogP contribution >= 0.6 is 0 Å². The zero-order valence-electron chi connectivity index (χ0n) is 11.5. The first-order chi connectivity index (χ1) is 10.5. The SMILES string of the molecule is NC(=O)CN1C(=O)/C(=C\c2ccco2)Oc2ccc(N)cc21. The quantitative estimate of drug-likeness (QED) is 0.651. The van der Waals surface area contributed by atoms with E-state index in [0.29, 0.717) is 22.9 Å². The van der Waals surface area contributed by atoms with Crippen LogP contribution in [0.4, 0.5) is 11.4 Å². The molecule has 0 aliphatic carbocycles. The molecule has 0 saturated carbocycles. The highest BCUT2D eigenvalue weighted by atomic mass is 16.5. The van der Waals surface area contributed by atoms with Crippen molar-refractivity contribution in [1.29, 1.82) is 0 Å². The summed E-state index contributed by atoms with van der Waals surface area (Å²) in [6.45, 7) is -0.270. The smallest absolute Gasteiger partial charge is 0.294 e. The number of hydrogen-bond donors (Lipinski definition) is 2. The maximum Gasteiger partial charge on any atom is 0.294 e. The number of amides is 2. The molecule has 1 aliphatic rings. The number of hydrogen-bond acceptors (Lipinski definition) is 5. The number of ether oxygens (including phenoxy) is 1. The number of carbonyl (C=O) groups excluding carboxylic acids is 2. The van der Waals surface area contributed by atoms with E-state index in [1.165, 1.54) is 17.2 Å². The van der Waals surface area contributed by atoms with Crippen LogP contribution in [0.5, 0.6) is 5.75 Å². The van der Waals surface area contributed by atoms with Crippen LogP contribution in [0.15, 0.2) is 46.8 Å². The summed E-state index contributed by atoms with van der Waals surface area (Å²) in [6.07, 6.45) is 2.94. The lowest BCUT2D eigenvalue weighted by atomic mass is 10.2. The molecule has 3 rings (SSSR count). The Morgan fingerprint density at radius 3 is 2.82 bits per heavy atom. The minimum atomic E-state index is -0.638. The average molecular weight is 299 g/mol. The van der Waals surface area contributed by atoms with Gasteiger partial charge in [-0.1, -0.05) is 0 Å². The standard InChI is InChI=1S/C15H13N3O4/c16-9-3-4-12-11(6-9)18(8-14(17)19)15(20)13(22-12)7-10-2-1-5-21-10/h1-7H,8,16H2,(H2,17,19)/b13-7+. The predicted octanol–water partition coefficient (Wildman–Crippen LogP) is 1.11. The molecule has 22 heavy (non-hydrogen) atoms. The number of furan rings is 1. The zero-order valence-corrected chi connectivity index (χ0v) is 11.5. The number of anilines is 2. The summed E-state index contributed by atoms with van der Waals surface area (Å²) in [5.41, 5.74) is 11.8. The number of benzene rings is 1. The number of nitrogens with two attached hydrogens (primary N) is 2. The van der Waals surface area contributed by atoms with Gasteiger partial charge >= 0.3 is 0 Å². The summed E-state index contributed by atoms with van der Waals surface area (Å²) in [6, 6.07) is 8.19. The van der Waals surface area contributed by atoms with Gasteiger partial charge in [-0.15, -0.1) is 0 Å². The average Bonchev–Trinajstić information content (AvgIpc) is 2.97. The van der Waals surface area contributed by atoms with Crippen molar-refractivity contribution in [2.45, 2.75) is 0 Å². The van der Waals surface area contributed by atoms with Crippen LogP contribution in [0.2, 0.25) is 0 Å². The highest BCUT2D eigenvalue weighted by Crippen LogP contribution is 2.37. The van der Waals surface area contributed by atoms with Crippen molar-refractivity contribution >= 4 is 29.3 Å². The molecule has 4 N–H and O–H groups in total. The lowest BCUT2D eigenvalue weighted by Gasteiger charge is -2.29. The zero-order chi connectivity index (χ0) is 15.7. The minimum Gasteiger partial charge on any atom is -0.465 e. The normalized spacial score (nSPS) is 15.5. The Morgan fingerprint density at radius 2 is 2.14 bits per heavy atom. The van der Waals surface area contributed by atoms with Crippen molar-refractivity contribution in [3.05, 3.63) is 48.1 Å². The summed E-state index contributed by atoms with van der Waals surface area (Å²) in [5.74, 6) is -0.225. The van der Waals surface area contributed by atoms with Crippen molar-refractivity contribution in [2.24, 2.45) is 5.73 Å².